The predicted octanol–water partition coefficient (Wildman–Crippen LogP) is 5.72. The van der Waals surface area contributed by atoms with Crippen molar-refractivity contribution in [2.24, 2.45) is 0 Å². The Morgan fingerprint density at radius 2 is 1.34 bits per heavy atom. The van der Waals surface area contributed by atoms with Gasteiger partial charge in [0.15, 0.2) is 11.7 Å². The number of carboxylic acids is 1. The van der Waals surface area contributed by atoms with Crippen LogP contribution in [0.1, 0.15) is 68.6 Å². The monoisotopic (exact) mass is 806 g/mol. The Hall–Kier alpha value is -5.74. The summed E-state index contributed by atoms with van der Waals surface area (Å²) >= 11 is 0. The summed E-state index contributed by atoms with van der Waals surface area (Å²) in [7, 11) is 3.67. The van der Waals surface area contributed by atoms with Gasteiger partial charge in [-0.05, 0) is 29.7 Å². The Morgan fingerprint density at radius 3 is 1.84 bits per heavy atom. The van der Waals surface area contributed by atoms with Crippen molar-refractivity contribution in [3.8, 4) is 6.01 Å². The summed E-state index contributed by atoms with van der Waals surface area (Å²) in [6.07, 6.45) is -4.81. The van der Waals surface area contributed by atoms with Crippen LogP contribution in [-0.2, 0) is 66.4 Å². The second kappa shape index (κ2) is 25.5. The molecular formula is C43H54N2O13. The van der Waals surface area contributed by atoms with Crippen LogP contribution >= 0.6 is 0 Å². The molecule has 2 N–H and O–H groups in total. The number of ether oxygens (including phenoxy) is 7. The van der Waals surface area contributed by atoms with E-state index in [1.807, 2.05) is 80.6 Å². The summed E-state index contributed by atoms with van der Waals surface area (Å²) in [6.45, 7) is 8.63. The Kier molecular flexibility index (Phi) is 21.3. The molecule has 3 aromatic carbocycles. The van der Waals surface area contributed by atoms with Gasteiger partial charge in [0, 0.05) is 46.6 Å². The zero-order chi connectivity index (χ0) is 43.1. The third kappa shape index (κ3) is 14.6. The number of rotatable bonds is 14. The summed E-state index contributed by atoms with van der Waals surface area (Å²) in [5.74, 6) is -3.01. The molecule has 15 nitrogen and oxygen atoms in total. The SMILES string of the molecule is CC.CC(=O)O.CO.COC(=O)C1CC(OC(C)=O)CC(OC(=O)C(Oc2nc(C)cc(COCc3ccccc3)n2)C(OC)(c2ccccc2)c2ccccc2)O1. The highest BCUT2D eigenvalue weighted by Gasteiger charge is 2.51. The van der Waals surface area contributed by atoms with E-state index in [4.69, 9.17) is 48.2 Å². The summed E-state index contributed by atoms with van der Waals surface area (Å²) in [5, 5.41) is 14.4. The van der Waals surface area contributed by atoms with Crippen molar-refractivity contribution in [3.63, 3.8) is 0 Å². The lowest BCUT2D eigenvalue weighted by atomic mass is 9.81. The van der Waals surface area contributed by atoms with E-state index in [9.17, 15) is 14.4 Å². The summed E-state index contributed by atoms with van der Waals surface area (Å²) in [6, 6.07) is 29.5. The first-order chi connectivity index (χ1) is 27.9. The number of carboxylic acid groups (broad SMARTS) is 1. The number of benzene rings is 3. The van der Waals surface area contributed by atoms with Gasteiger partial charge in [0.05, 0.1) is 26.0 Å². The minimum absolute atomic E-state index is 0.0303. The first-order valence-corrected chi connectivity index (χ1v) is 18.5. The highest BCUT2D eigenvalue weighted by molar-refractivity contribution is 5.79. The van der Waals surface area contributed by atoms with Gasteiger partial charge in [-0.15, -0.1) is 0 Å². The molecule has 0 radical (unpaired) electrons. The second-order valence-corrected chi connectivity index (χ2v) is 12.2. The number of aliphatic carboxylic acids is 1. The molecule has 5 rings (SSSR count). The molecule has 0 bridgehead atoms. The maximum atomic E-state index is 14.5. The van der Waals surface area contributed by atoms with E-state index in [1.54, 1.807) is 37.3 Å². The van der Waals surface area contributed by atoms with Crippen LogP contribution in [0.4, 0.5) is 0 Å². The molecule has 58 heavy (non-hydrogen) atoms. The third-order valence-electron chi connectivity index (χ3n) is 8.07. The number of aryl methyl sites for hydroxylation is 1. The van der Waals surface area contributed by atoms with E-state index in [1.165, 1.54) is 21.1 Å². The number of hydrogen-bond acceptors (Lipinski definition) is 14. The molecule has 0 aliphatic carbocycles. The Bertz CT molecular complexity index is 1780. The van der Waals surface area contributed by atoms with Gasteiger partial charge >= 0.3 is 23.9 Å². The van der Waals surface area contributed by atoms with E-state index in [2.05, 4.69) is 9.97 Å². The van der Waals surface area contributed by atoms with Gasteiger partial charge in [0.25, 0.3) is 5.97 Å². The third-order valence-corrected chi connectivity index (χ3v) is 8.07. The first kappa shape index (κ1) is 48.4. The molecule has 1 aliphatic heterocycles. The van der Waals surface area contributed by atoms with Gasteiger partial charge in [-0.3, -0.25) is 9.59 Å². The molecule has 1 aromatic heterocycles. The van der Waals surface area contributed by atoms with Crippen molar-refractivity contribution in [1.82, 2.24) is 9.97 Å². The number of nitrogens with zero attached hydrogens (tertiary/aromatic N) is 2. The molecule has 15 heteroatoms. The predicted molar refractivity (Wildman–Crippen MR) is 211 cm³/mol. The normalized spacial score (nSPS) is 16.2. The molecule has 4 aromatic rings. The van der Waals surface area contributed by atoms with Crippen LogP contribution in [0.25, 0.3) is 0 Å². The van der Waals surface area contributed by atoms with Crippen LogP contribution in [0, 0.1) is 6.92 Å². The van der Waals surface area contributed by atoms with Crippen molar-refractivity contribution in [3.05, 3.63) is 125 Å². The van der Waals surface area contributed by atoms with Crippen molar-refractivity contribution >= 4 is 23.9 Å². The Balaban J connectivity index is 0.00000135. The Labute approximate surface area is 339 Å². The maximum absolute atomic E-state index is 14.5. The van der Waals surface area contributed by atoms with E-state index >= 15 is 0 Å². The minimum atomic E-state index is -1.59. The van der Waals surface area contributed by atoms with Crippen LogP contribution in [0.5, 0.6) is 6.01 Å². The quantitative estimate of drug-likeness (QED) is 0.116. The topological polar surface area (TPSA) is 199 Å². The van der Waals surface area contributed by atoms with E-state index in [-0.39, 0.29) is 25.5 Å². The van der Waals surface area contributed by atoms with Gasteiger partial charge in [0.1, 0.15) is 6.10 Å². The lowest BCUT2D eigenvalue weighted by Gasteiger charge is -2.39. The highest BCUT2D eigenvalue weighted by atomic mass is 16.7. The molecule has 4 unspecified atom stereocenters. The number of carbonyl (C=O) groups is 4. The molecule has 0 amide bonds. The number of aliphatic hydroxyl groups is 1. The fourth-order valence-electron chi connectivity index (χ4n) is 5.89. The van der Waals surface area contributed by atoms with E-state index in [0.29, 0.717) is 29.1 Å². The summed E-state index contributed by atoms with van der Waals surface area (Å²) < 4.78 is 40.7. The van der Waals surface area contributed by atoms with Crippen LogP contribution in [0.2, 0.25) is 0 Å². The van der Waals surface area contributed by atoms with Crippen molar-refractivity contribution < 1.29 is 62.5 Å². The fraction of sp³-hybridized carbons (Fsp3) is 0.395. The number of hydrogen-bond donors (Lipinski definition) is 2. The number of aliphatic hydroxyl groups excluding tert-OH is 1. The Morgan fingerprint density at radius 1 is 0.810 bits per heavy atom. The van der Waals surface area contributed by atoms with Gasteiger partial charge in [0.2, 0.25) is 12.4 Å². The van der Waals surface area contributed by atoms with Crippen molar-refractivity contribution in [2.75, 3.05) is 21.3 Å². The van der Waals surface area contributed by atoms with Crippen molar-refractivity contribution in [2.45, 2.75) is 90.9 Å². The largest absolute Gasteiger partial charge is 0.481 e. The molecule has 4 atom stereocenters. The lowest BCUT2D eigenvalue weighted by Crippen LogP contribution is -2.53. The molecule has 0 saturated carbocycles. The number of esters is 3. The number of methoxy groups -OCH3 is 2. The average molecular weight is 807 g/mol. The highest BCUT2D eigenvalue weighted by Crippen LogP contribution is 2.39. The summed E-state index contributed by atoms with van der Waals surface area (Å²) in [4.78, 5) is 56.9. The molecular weight excluding hydrogens is 752 g/mol. The van der Waals surface area contributed by atoms with Crippen LogP contribution in [0.15, 0.2) is 97.1 Å². The van der Waals surface area contributed by atoms with E-state index in [0.717, 1.165) is 19.6 Å². The standard InChI is InChI=1S/C38H40N2O10.C2H4O2.C2H6.CH4O/c1-25-20-30(24-46-23-27-14-8-5-9-15-27)40-37(39-25)50-34(38(45-4,28-16-10-6-11-17-28)29-18-12-7-13-19-29)36(43)49-33-22-31(47-26(2)41)21-32(48-33)35(42)44-3;1-2(3)4;2*1-2/h5-20,31-34H,21-24H2,1-4H3;1H3,(H,3,4);1-2H3;2H,1H3. The average Bonchev–Trinajstić information content (AvgIpc) is 3.22. The van der Waals surface area contributed by atoms with Gasteiger partial charge in [-0.1, -0.05) is 105 Å². The van der Waals surface area contributed by atoms with Crippen molar-refractivity contribution in [1.29, 1.82) is 0 Å². The van der Waals surface area contributed by atoms with Gasteiger partial charge in [-0.25, -0.2) is 14.6 Å². The lowest BCUT2D eigenvalue weighted by molar-refractivity contribution is -0.234. The minimum Gasteiger partial charge on any atom is -0.481 e. The second-order valence-electron chi connectivity index (χ2n) is 12.2. The number of aromatic nitrogens is 2. The fourth-order valence-corrected chi connectivity index (χ4v) is 5.89. The molecule has 314 valence electrons. The zero-order valence-electron chi connectivity index (χ0n) is 34.2. The first-order valence-electron chi connectivity index (χ1n) is 18.5. The van der Waals surface area contributed by atoms with Gasteiger partial charge in [-0.2, -0.15) is 4.98 Å². The molecule has 1 aliphatic rings. The molecule has 1 saturated heterocycles. The maximum Gasteiger partial charge on any atom is 0.353 e. The van der Waals surface area contributed by atoms with Crippen LogP contribution < -0.4 is 4.74 Å². The van der Waals surface area contributed by atoms with Crippen LogP contribution in [-0.4, -0.2) is 90.0 Å². The van der Waals surface area contributed by atoms with Gasteiger partial charge < -0.3 is 43.4 Å². The molecule has 0 spiro atoms. The van der Waals surface area contributed by atoms with E-state index < -0.39 is 54.1 Å². The number of carbonyl (C=O) groups excluding carboxylic acids is 3. The molecule has 2 heterocycles. The molecule has 1 fully saturated rings. The summed E-state index contributed by atoms with van der Waals surface area (Å²) in [5.41, 5.74) is 1.66. The smallest absolute Gasteiger partial charge is 0.353 e. The zero-order valence-corrected chi connectivity index (χ0v) is 34.2. The van der Waals surface area contributed by atoms with Crippen LogP contribution in [0.3, 0.4) is 0 Å².